The maximum atomic E-state index is 13.6. The van der Waals surface area contributed by atoms with E-state index >= 15 is 0 Å². The summed E-state index contributed by atoms with van der Waals surface area (Å²) in [5.41, 5.74) is -1.95. The lowest BCUT2D eigenvalue weighted by molar-refractivity contribution is -0.160. The number of methoxy groups -OCH3 is 1. The lowest BCUT2D eigenvalue weighted by Gasteiger charge is -2.22. The van der Waals surface area contributed by atoms with Gasteiger partial charge in [-0.3, -0.25) is 14.4 Å². The van der Waals surface area contributed by atoms with Crippen LogP contribution in [0.4, 0.5) is 0 Å². The lowest BCUT2D eigenvalue weighted by Crippen LogP contribution is -2.40. The molecule has 7 heteroatoms. The van der Waals surface area contributed by atoms with E-state index in [0.29, 0.717) is 21.9 Å². The molecule has 0 radical (unpaired) electrons. The van der Waals surface area contributed by atoms with Gasteiger partial charge >= 0.3 is 11.9 Å². The molecule has 2 aliphatic rings. The summed E-state index contributed by atoms with van der Waals surface area (Å²) >= 11 is 9.36. The van der Waals surface area contributed by atoms with Crippen LogP contribution < -0.4 is 4.74 Å². The van der Waals surface area contributed by atoms with Gasteiger partial charge in [0.25, 0.3) is 0 Å². The minimum absolute atomic E-state index is 0.273. The predicted octanol–water partition coefficient (Wildman–Crippen LogP) is 4.56. The number of benzene rings is 2. The van der Waals surface area contributed by atoms with Crippen LogP contribution in [0.5, 0.6) is 5.75 Å². The molecule has 0 N–H and O–H groups in total. The van der Waals surface area contributed by atoms with Crippen molar-refractivity contribution in [2.75, 3.05) is 7.11 Å². The highest BCUT2D eigenvalue weighted by atomic mass is 79.9. The van der Waals surface area contributed by atoms with Gasteiger partial charge in [-0.1, -0.05) is 34.5 Å². The van der Waals surface area contributed by atoms with Gasteiger partial charge in [-0.25, -0.2) is 0 Å². The van der Waals surface area contributed by atoms with Crippen molar-refractivity contribution in [3.63, 3.8) is 0 Å². The molecule has 144 valence electrons. The van der Waals surface area contributed by atoms with E-state index < -0.39 is 28.7 Å². The number of hydrogen-bond donors (Lipinski definition) is 0. The van der Waals surface area contributed by atoms with Gasteiger partial charge < -0.3 is 9.47 Å². The number of rotatable bonds is 4. The van der Waals surface area contributed by atoms with E-state index in [-0.39, 0.29) is 12.2 Å². The Morgan fingerprint density at radius 2 is 1.89 bits per heavy atom. The van der Waals surface area contributed by atoms with Crippen molar-refractivity contribution < 1.29 is 23.9 Å². The van der Waals surface area contributed by atoms with Crippen LogP contribution in [0.15, 0.2) is 46.9 Å². The topological polar surface area (TPSA) is 69.7 Å². The summed E-state index contributed by atoms with van der Waals surface area (Å²) in [7, 11) is 1.21. The SMILES string of the molecule is CC[C@]1(C(=O)c2ccc(Cl)cc2)[C@H]2c3cc(Br)ccc3OC(=O)[C@@]21C(=O)OC. The summed E-state index contributed by atoms with van der Waals surface area (Å²) in [6, 6.07) is 11.6. The van der Waals surface area contributed by atoms with Crippen molar-refractivity contribution in [3.8, 4) is 5.75 Å². The molecule has 1 heterocycles. The van der Waals surface area contributed by atoms with Crippen molar-refractivity contribution in [2.24, 2.45) is 10.8 Å². The first-order chi connectivity index (χ1) is 13.3. The Morgan fingerprint density at radius 1 is 1.21 bits per heavy atom. The number of hydrogen-bond acceptors (Lipinski definition) is 5. The van der Waals surface area contributed by atoms with Crippen LogP contribution in [0.2, 0.25) is 5.02 Å². The highest BCUT2D eigenvalue weighted by Gasteiger charge is 2.90. The Labute approximate surface area is 175 Å². The minimum Gasteiger partial charge on any atom is -0.468 e. The normalized spacial score (nSPS) is 27.3. The van der Waals surface area contributed by atoms with Crippen LogP contribution in [0.25, 0.3) is 0 Å². The van der Waals surface area contributed by atoms with E-state index in [0.717, 1.165) is 4.47 Å². The summed E-state index contributed by atoms with van der Waals surface area (Å²) in [6.07, 6.45) is 0.273. The molecule has 0 amide bonds. The van der Waals surface area contributed by atoms with Crippen molar-refractivity contribution >= 4 is 45.3 Å². The van der Waals surface area contributed by atoms with Gasteiger partial charge in [0.15, 0.2) is 11.2 Å². The standard InChI is InChI=1S/C21H16BrClO5/c1-3-20(17(24)11-4-7-13(23)8-5-11)16-14-10-12(22)6-9-15(14)28-19(26)21(16,20)18(25)27-2/h4-10,16H,3H2,1-2H3/t16-,20-,21+/m1/s1. The molecule has 2 aromatic rings. The molecule has 1 saturated carbocycles. The van der Waals surface area contributed by atoms with Crippen LogP contribution >= 0.6 is 27.5 Å². The summed E-state index contributed by atoms with van der Waals surface area (Å²) in [5.74, 6) is -2.10. The van der Waals surface area contributed by atoms with Gasteiger partial charge in [0, 0.05) is 26.5 Å². The highest BCUT2D eigenvalue weighted by molar-refractivity contribution is 9.10. The van der Waals surface area contributed by atoms with Crippen LogP contribution in [-0.2, 0) is 14.3 Å². The van der Waals surface area contributed by atoms with Crippen molar-refractivity contribution in [2.45, 2.75) is 19.3 Å². The molecule has 1 aliphatic carbocycles. The second-order valence-corrected chi connectivity index (χ2v) is 8.32. The molecule has 1 aliphatic heterocycles. The van der Waals surface area contributed by atoms with Crippen molar-refractivity contribution in [1.29, 1.82) is 0 Å². The van der Waals surface area contributed by atoms with Gasteiger partial charge in [0.05, 0.1) is 12.5 Å². The van der Waals surface area contributed by atoms with Crippen LogP contribution in [-0.4, -0.2) is 24.8 Å². The Bertz CT molecular complexity index is 1020. The zero-order chi connectivity index (χ0) is 20.3. The second kappa shape index (κ2) is 6.42. The second-order valence-electron chi connectivity index (χ2n) is 6.97. The number of ether oxygens (including phenoxy) is 2. The molecule has 0 aromatic heterocycles. The largest absolute Gasteiger partial charge is 0.468 e. The number of Topliss-reactive ketones (excluding diaryl/α,β-unsaturated/α-hetero) is 1. The average Bonchev–Trinajstić information content (AvgIpc) is 3.35. The van der Waals surface area contributed by atoms with Crippen molar-refractivity contribution in [3.05, 3.63) is 63.1 Å². The molecule has 0 spiro atoms. The summed E-state index contributed by atoms with van der Waals surface area (Å²) < 4.78 is 11.2. The van der Waals surface area contributed by atoms with Gasteiger partial charge in [0.1, 0.15) is 5.75 Å². The molecular formula is C21H16BrClO5. The Kier molecular flexibility index (Phi) is 4.39. The summed E-state index contributed by atoms with van der Waals surface area (Å²) in [4.78, 5) is 39.6. The summed E-state index contributed by atoms with van der Waals surface area (Å²) in [5, 5.41) is 0.492. The number of carbonyl (C=O) groups is 3. The molecule has 5 nitrogen and oxygen atoms in total. The van der Waals surface area contributed by atoms with E-state index in [1.54, 1.807) is 49.4 Å². The Hall–Kier alpha value is -2.18. The molecular weight excluding hydrogens is 448 g/mol. The van der Waals surface area contributed by atoms with Crippen LogP contribution in [0.3, 0.4) is 0 Å². The quantitative estimate of drug-likeness (QED) is 0.288. The molecule has 0 bridgehead atoms. The predicted molar refractivity (Wildman–Crippen MR) is 105 cm³/mol. The molecule has 2 aromatic carbocycles. The smallest absolute Gasteiger partial charge is 0.330 e. The zero-order valence-electron chi connectivity index (χ0n) is 15.1. The number of fused-ring (bicyclic) bond motifs is 3. The molecule has 0 unspecified atom stereocenters. The molecule has 28 heavy (non-hydrogen) atoms. The average molecular weight is 464 g/mol. The van der Waals surface area contributed by atoms with Crippen LogP contribution in [0, 0.1) is 10.8 Å². The molecule has 3 atom stereocenters. The zero-order valence-corrected chi connectivity index (χ0v) is 17.5. The lowest BCUT2D eigenvalue weighted by atomic mass is 9.83. The number of carbonyl (C=O) groups excluding carboxylic acids is 3. The Morgan fingerprint density at radius 3 is 2.50 bits per heavy atom. The molecule has 4 rings (SSSR count). The van der Waals surface area contributed by atoms with Gasteiger partial charge in [-0.05, 0) is 48.9 Å². The fourth-order valence-corrected chi connectivity index (χ4v) is 5.21. The van der Waals surface area contributed by atoms with E-state index in [9.17, 15) is 14.4 Å². The maximum Gasteiger partial charge on any atom is 0.330 e. The Balaban J connectivity index is 1.95. The highest BCUT2D eigenvalue weighted by Crippen LogP contribution is 2.80. The third-order valence-corrected chi connectivity index (χ3v) is 6.68. The van der Waals surface area contributed by atoms with Gasteiger partial charge in [-0.15, -0.1) is 0 Å². The summed E-state index contributed by atoms with van der Waals surface area (Å²) in [6.45, 7) is 1.79. The van der Waals surface area contributed by atoms with E-state index in [1.807, 2.05) is 0 Å². The van der Waals surface area contributed by atoms with E-state index in [4.69, 9.17) is 21.1 Å². The molecule has 0 saturated heterocycles. The first kappa shape index (κ1) is 19.2. The van der Waals surface area contributed by atoms with Crippen LogP contribution in [0.1, 0.15) is 35.2 Å². The number of halogens is 2. The number of esters is 2. The van der Waals surface area contributed by atoms with Gasteiger partial charge in [-0.2, -0.15) is 0 Å². The first-order valence-electron chi connectivity index (χ1n) is 8.75. The van der Waals surface area contributed by atoms with Crippen molar-refractivity contribution in [1.82, 2.24) is 0 Å². The third kappa shape index (κ3) is 2.22. The fraction of sp³-hybridized carbons (Fsp3) is 0.286. The monoisotopic (exact) mass is 462 g/mol. The van der Waals surface area contributed by atoms with E-state index in [2.05, 4.69) is 15.9 Å². The van der Waals surface area contributed by atoms with E-state index in [1.165, 1.54) is 7.11 Å². The first-order valence-corrected chi connectivity index (χ1v) is 9.92. The maximum absolute atomic E-state index is 13.6. The van der Waals surface area contributed by atoms with Gasteiger partial charge in [0.2, 0.25) is 0 Å². The number of ketones is 1. The molecule has 1 fully saturated rings. The third-order valence-electron chi connectivity index (χ3n) is 5.93. The fourth-order valence-electron chi connectivity index (χ4n) is 4.71. The minimum atomic E-state index is -1.69.